The van der Waals surface area contributed by atoms with Crippen LogP contribution in [0.1, 0.15) is 35.8 Å². The topological polar surface area (TPSA) is 31.3 Å². The molecule has 1 fully saturated rings. The van der Waals surface area contributed by atoms with E-state index in [0.717, 1.165) is 35.2 Å². The number of hydrogen-bond acceptors (Lipinski definition) is 6. The molecule has 1 atom stereocenters. The van der Waals surface area contributed by atoms with Crippen LogP contribution >= 0.6 is 11.3 Å². The summed E-state index contributed by atoms with van der Waals surface area (Å²) in [7, 11) is 3.90. The molecule has 4 heterocycles. The lowest BCUT2D eigenvalue weighted by atomic mass is 9.84. The number of thiophene rings is 1. The number of hydrogen-bond donors (Lipinski definition) is 0. The Bertz CT molecular complexity index is 1130. The van der Waals surface area contributed by atoms with E-state index in [1.807, 2.05) is 32.0 Å². The van der Waals surface area contributed by atoms with E-state index in [2.05, 4.69) is 10.0 Å². The van der Waals surface area contributed by atoms with E-state index >= 15 is 0 Å². The summed E-state index contributed by atoms with van der Waals surface area (Å²) < 4.78 is 63.1. The van der Waals surface area contributed by atoms with Crippen molar-refractivity contribution < 1.29 is 22.3 Å². The number of halogens is 4. The van der Waals surface area contributed by atoms with Gasteiger partial charge in [-0.1, -0.05) is 12.1 Å². The van der Waals surface area contributed by atoms with Crippen LogP contribution in [0, 0.1) is 16.9 Å². The predicted molar refractivity (Wildman–Crippen MR) is 129 cm³/mol. The molecule has 0 radical (unpaired) electrons. The van der Waals surface area contributed by atoms with Crippen LogP contribution in [0.5, 0.6) is 0 Å². The molecule has 0 saturated carbocycles. The van der Waals surface area contributed by atoms with E-state index in [-0.39, 0.29) is 17.3 Å². The molecule has 1 spiro atoms. The number of nitrogens with zero attached hydrogens (tertiary/aromatic N) is 4. The molecule has 0 bridgehead atoms. The van der Waals surface area contributed by atoms with Gasteiger partial charge in [-0.2, -0.15) is 18.3 Å². The molecule has 5 rings (SSSR count). The minimum absolute atomic E-state index is 0.127. The fraction of sp³-hybridized carbons (Fsp3) is 0.560. The number of hydrazone groups is 1. The van der Waals surface area contributed by atoms with Crippen molar-refractivity contribution in [2.24, 2.45) is 11.0 Å². The molecule has 35 heavy (non-hydrogen) atoms. The van der Waals surface area contributed by atoms with Gasteiger partial charge in [0, 0.05) is 48.2 Å². The van der Waals surface area contributed by atoms with Crippen molar-refractivity contribution in [3.05, 3.63) is 51.2 Å². The van der Waals surface area contributed by atoms with Gasteiger partial charge >= 0.3 is 0 Å². The number of para-hydroxylation sites is 1. The van der Waals surface area contributed by atoms with E-state index in [4.69, 9.17) is 4.74 Å². The second kappa shape index (κ2) is 9.14. The normalized spacial score (nSPS) is 23.7. The summed E-state index contributed by atoms with van der Waals surface area (Å²) in [6.07, 6.45) is 1.06. The van der Waals surface area contributed by atoms with Crippen LogP contribution in [-0.2, 0) is 22.8 Å². The molecule has 3 aliphatic heterocycles. The molecule has 190 valence electrons. The highest BCUT2D eigenvalue weighted by molar-refractivity contribution is 7.10. The Hall–Kier alpha value is -2.01. The van der Waals surface area contributed by atoms with Gasteiger partial charge in [0.2, 0.25) is 0 Å². The third-order valence-corrected chi connectivity index (χ3v) is 8.37. The Morgan fingerprint density at radius 3 is 2.66 bits per heavy atom. The number of likely N-dealkylation sites (tertiary alicyclic amines) is 1. The second-order valence-electron chi connectivity index (χ2n) is 10.1. The third-order valence-electron chi connectivity index (χ3n) is 7.26. The lowest BCUT2D eigenvalue weighted by Crippen LogP contribution is -2.50. The zero-order valence-corrected chi connectivity index (χ0v) is 21.0. The Morgan fingerprint density at radius 2 is 1.94 bits per heavy atom. The highest BCUT2D eigenvalue weighted by Gasteiger charge is 2.52. The smallest absolute Gasteiger partial charge is 0.297 e. The maximum absolute atomic E-state index is 14.8. The second-order valence-corrected chi connectivity index (χ2v) is 11.1. The number of anilines is 1. The Kier molecular flexibility index (Phi) is 6.44. The molecule has 2 aromatic rings. The largest absolute Gasteiger partial charge is 0.363 e. The monoisotopic (exact) mass is 510 g/mol. The van der Waals surface area contributed by atoms with Gasteiger partial charge in [-0.3, -0.25) is 5.01 Å². The first-order valence-electron chi connectivity index (χ1n) is 11.9. The number of ether oxygens (including phenoxy) is 1. The van der Waals surface area contributed by atoms with Gasteiger partial charge in [0.05, 0.1) is 12.2 Å². The van der Waals surface area contributed by atoms with Crippen LogP contribution < -0.4 is 5.01 Å². The SMILES string of the molecule is CC1=NN(c2c(F)cccc2CN(C)C)CC1CN1CCC2(CC1)OCC(F)(F)c1cc(F)sc12. The van der Waals surface area contributed by atoms with Crippen molar-refractivity contribution in [1.29, 1.82) is 0 Å². The molecule has 0 amide bonds. The molecule has 1 saturated heterocycles. The molecule has 10 heteroatoms. The minimum atomic E-state index is -3.16. The van der Waals surface area contributed by atoms with Crippen LogP contribution in [0.15, 0.2) is 29.4 Å². The van der Waals surface area contributed by atoms with E-state index in [0.29, 0.717) is 49.6 Å². The van der Waals surface area contributed by atoms with E-state index in [9.17, 15) is 17.6 Å². The number of fused-ring (bicyclic) bond motifs is 2. The molecular weight excluding hydrogens is 480 g/mol. The first-order chi connectivity index (χ1) is 16.6. The van der Waals surface area contributed by atoms with Crippen molar-refractivity contribution in [2.45, 2.75) is 37.8 Å². The first kappa shape index (κ1) is 24.7. The molecule has 1 unspecified atom stereocenters. The van der Waals surface area contributed by atoms with Crippen LogP contribution in [0.25, 0.3) is 0 Å². The van der Waals surface area contributed by atoms with Gasteiger partial charge < -0.3 is 14.5 Å². The van der Waals surface area contributed by atoms with Crippen molar-refractivity contribution in [1.82, 2.24) is 9.80 Å². The van der Waals surface area contributed by atoms with Crippen LogP contribution in [0.4, 0.5) is 23.2 Å². The quantitative estimate of drug-likeness (QED) is 0.529. The van der Waals surface area contributed by atoms with Crippen molar-refractivity contribution in [3.8, 4) is 0 Å². The lowest BCUT2D eigenvalue weighted by molar-refractivity contribution is -0.181. The molecule has 1 aromatic heterocycles. The fourth-order valence-electron chi connectivity index (χ4n) is 5.43. The van der Waals surface area contributed by atoms with Crippen LogP contribution in [0.2, 0.25) is 0 Å². The van der Waals surface area contributed by atoms with Gasteiger partial charge in [-0.15, -0.1) is 11.3 Å². The number of rotatable bonds is 5. The third kappa shape index (κ3) is 4.61. The summed E-state index contributed by atoms with van der Waals surface area (Å²) in [5.74, 6) is -3.31. The number of benzene rings is 1. The van der Waals surface area contributed by atoms with Gasteiger partial charge in [-0.05, 0) is 51.6 Å². The lowest BCUT2D eigenvalue weighted by Gasteiger charge is -2.45. The molecule has 1 aromatic carbocycles. The van der Waals surface area contributed by atoms with Crippen LogP contribution in [0.3, 0.4) is 0 Å². The van der Waals surface area contributed by atoms with Crippen molar-refractivity contribution in [2.75, 3.05) is 51.9 Å². The van der Waals surface area contributed by atoms with Crippen molar-refractivity contribution >= 4 is 22.7 Å². The zero-order valence-electron chi connectivity index (χ0n) is 20.2. The molecule has 3 aliphatic rings. The summed E-state index contributed by atoms with van der Waals surface area (Å²) in [4.78, 5) is 4.61. The Labute approximate surface area is 207 Å². The summed E-state index contributed by atoms with van der Waals surface area (Å²) in [5, 5.41) is 5.86. The summed E-state index contributed by atoms with van der Waals surface area (Å²) in [6, 6.07) is 6.08. The predicted octanol–water partition coefficient (Wildman–Crippen LogP) is 5.01. The standard InChI is InChI=1S/C25H30F4N4OS/c1-16-18(14-33(30-16)22-17(12-31(2)3)5-4-6-20(22)26)13-32-9-7-24(8-10-32)23-19(11-21(27)35-23)25(28,29)15-34-24/h4-6,11,18H,7-10,12-15H2,1-3H3. The van der Waals surface area contributed by atoms with Gasteiger partial charge in [0.15, 0.2) is 5.13 Å². The fourth-order valence-corrected chi connectivity index (χ4v) is 6.56. The number of alkyl halides is 2. The number of piperidine rings is 1. The van der Waals surface area contributed by atoms with E-state index in [1.54, 1.807) is 11.1 Å². The molecule has 0 N–H and O–H groups in total. The van der Waals surface area contributed by atoms with Gasteiger partial charge in [0.1, 0.15) is 18.0 Å². The maximum atomic E-state index is 14.8. The molecule has 0 aliphatic carbocycles. The van der Waals surface area contributed by atoms with E-state index in [1.165, 1.54) is 6.07 Å². The van der Waals surface area contributed by atoms with Crippen LogP contribution in [-0.4, -0.2) is 62.4 Å². The Balaban J connectivity index is 1.26. The Morgan fingerprint density at radius 1 is 1.20 bits per heavy atom. The average Bonchev–Trinajstić information content (AvgIpc) is 3.36. The molecule has 5 nitrogen and oxygen atoms in total. The highest BCUT2D eigenvalue weighted by Crippen LogP contribution is 2.51. The van der Waals surface area contributed by atoms with Crippen molar-refractivity contribution in [3.63, 3.8) is 0 Å². The summed E-state index contributed by atoms with van der Waals surface area (Å²) in [5.41, 5.74) is 1.29. The summed E-state index contributed by atoms with van der Waals surface area (Å²) in [6.45, 7) is 4.49. The van der Waals surface area contributed by atoms with Gasteiger partial charge in [-0.25, -0.2) is 4.39 Å². The van der Waals surface area contributed by atoms with Gasteiger partial charge in [0.25, 0.3) is 5.92 Å². The molecular formula is C25H30F4N4OS. The average molecular weight is 511 g/mol. The maximum Gasteiger partial charge on any atom is 0.297 e. The van der Waals surface area contributed by atoms with E-state index < -0.39 is 23.3 Å². The zero-order chi connectivity index (χ0) is 25.0. The highest BCUT2D eigenvalue weighted by atomic mass is 32.1. The first-order valence-corrected chi connectivity index (χ1v) is 12.7. The minimum Gasteiger partial charge on any atom is -0.363 e. The summed E-state index contributed by atoms with van der Waals surface area (Å²) >= 11 is 0.782.